The second kappa shape index (κ2) is 107. The van der Waals surface area contributed by atoms with Crippen LogP contribution in [0.15, 0.2) is 182 Å². The van der Waals surface area contributed by atoms with Crippen molar-refractivity contribution in [3.05, 3.63) is 182 Å². The second-order valence-corrected chi connectivity index (χ2v) is 39.6. The first kappa shape index (κ1) is 130. The summed E-state index contributed by atoms with van der Waals surface area (Å²) >= 11 is 0. The number of rotatable bonds is 104. The topological polar surface area (TPSA) is 231 Å². The number of phosphoric acid groups is 2. The van der Waals surface area contributed by atoms with Gasteiger partial charge in [0, 0.05) is 19.3 Å². The van der Waals surface area contributed by atoms with E-state index in [2.05, 4.69) is 203 Å². The predicted molar refractivity (Wildman–Crippen MR) is 574 cm³/mol. The third kappa shape index (κ3) is 109. The lowest BCUT2D eigenvalue weighted by molar-refractivity contribution is -0.161. The van der Waals surface area contributed by atoms with Crippen molar-refractivity contribution in [2.75, 3.05) is 39.6 Å². The fraction of sp³-hybridized carbons (Fsp3) is 0.718. The Morgan fingerprint density at radius 2 is 0.393 bits per heavy atom. The Hall–Kier alpha value is -5.35. The van der Waals surface area contributed by atoms with Gasteiger partial charge < -0.3 is 34.2 Å². The minimum atomic E-state index is -4.95. The highest BCUT2D eigenvalue weighted by molar-refractivity contribution is 7.47. The molecule has 0 rings (SSSR count). The lowest BCUT2D eigenvalue weighted by atomic mass is 10.0. The van der Waals surface area contributed by atoms with Crippen LogP contribution in [0.2, 0.25) is 0 Å². The van der Waals surface area contributed by atoms with Gasteiger partial charge in [0.2, 0.25) is 0 Å². The average molecular weight is 1930 g/mol. The number of phosphoric ester groups is 2. The summed E-state index contributed by atoms with van der Waals surface area (Å²) in [4.78, 5) is 59.3. The molecule has 0 fully saturated rings. The molecule has 135 heavy (non-hydrogen) atoms. The smallest absolute Gasteiger partial charge is 0.463 e. The van der Waals surface area contributed by atoms with E-state index in [4.69, 9.17) is 32.3 Å². The van der Waals surface area contributed by atoms with Gasteiger partial charge in [0.15, 0.2) is 6.10 Å². The highest BCUT2D eigenvalue weighted by Crippen LogP contribution is 2.45. The van der Waals surface area contributed by atoms with Crippen molar-refractivity contribution in [1.29, 1.82) is 0 Å². The number of unbranched alkanes of at least 4 members (excludes halogenated alkanes) is 51. The van der Waals surface area contributed by atoms with Crippen LogP contribution in [0.3, 0.4) is 0 Å². The predicted octanol–water partition coefficient (Wildman–Crippen LogP) is 35.5. The minimum absolute atomic E-state index is 0.101. The van der Waals surface area contributed by atoms with E-state index < -0.39 is 91.5 Å². The molecule has 16 nitrogen and oxygen atoms in total. The molecule has 5 atom stereocenters. The van der Waals surface area contributed by atoms with Gasteiger partial charge in [-0.05, 0) is 161 Å². The molecule has 0 radical (unpaired) electrons. The van der Waals surface area contributed by atoms with Gasteiger partial charge in [0.1, 0.15) is 25.4 Å². The number of hydrogen-bond acceptors (Lipinski definition) is 14. The van der Waals surface area contributed by atoms with Crippen LogP contribution >= 0.6 is 15.6 Å². The van der Waals surface area contributed by atoms with E-state index in [9.17, 15) is 43.5 Å². The Morgan fingerprint density at radius 1 is 0.215 bits per heavy atom. The maximum atomic E-state index is 13.2. The molecule has 0 aliphatic rings. The summed E-state index contributed by atoms with van der Waals surface area (Å²) in [6.45, 7) is 2.52. The zero-order chi connectivity index (χ0) is 97.8. The van der Waals surface area contributed by atoms with Gasteiger partial charge in [-0.15, -0.1) is 0 Å². The fourth-order valence-electron chi connectivity index (χ4n) is 15.4. The summed E-state index contributed by atoms with van der Waals surface area (Å²) in [5.41, 5.74) is 0. The van der Waals surface area contributed by atoms with Crippen molar-refractivity contribution in [2.45, 2.75) is 501 Å². The largest absolute Gasteiger partial charge is 0.472 e. The zero-order valence-corrected chi connectivity index (χ0v) is 88.1. The molecular weight excluding hydrogens is 1720 g/mol. The molecule has 0 aromatic rings. The maximum Gasteiger partial charge on any atom is 0.472 e. The third-order valence-electron chi connectivity index (χ3n) is 23.6. The van der Waals surface area contributed by atoms with E-state index in [1.165, 1.54) is 263 Å². The summed E-state index contributed by atoms with van der Waals surface area (Å²) in [5.74, 6) is -1.55. The van der Waals surface area contributed by atoms with E-state index in [1.54, 1.807) is 0 Å². The standard InChI is InChI=1S/C117H202O16P2/c1-4-7-10-13-16-19-22-25-28-31-34-37-40-43-46-49-51-53-55-57-59-62-64-67-70-73-76-79-82-85-88-91-94-97-100-103-115(120)127-106-112(118)107-129-134(123,124)130-108-113(119)109-131-135(125,126)132-111-114(133-117(122)105-102-99-96-93-90-87-84-81-78-75-72-69-66-61-48-45-42-39-36-33-30-27-24-21-18-15-12-9-6-3)110-128-116(121)104-101-98-95-92-89-86-83-80-77-74-71-68-65-63-60-58-56-54-52-50-47-44-41-38-35-32-29-26-23-20-17-14-11-8-5-2/h7,9-10,12,16-21,25-30,34-39,43-48,51,53,112-114,118-119H,4-6,8,11,13-15,22-24,31-33,40-42,49-50,52,54-111H2,1-3H3,(H,123,124)(H,125,126)/b10-7-,12-9-,19-16-,20-17-,21-18-,28-25-,29-26-,30-27-,37-34-,38-35-,39-36-,46-43-,47-44-,48-45-,53-51-. The van der Waals surface area contributed by atoms with Crippen molar-refractivity contribution in [1.82, 2.24) is 0 Å². The molecule has 0 bridgehead atoms. The molecule has 0 aliphatic heterocycles. The van der Waals surface area contributed by atoms with Crippen LogP contribution in [0.1, 0.15) is 483 Å². The van der Waals surface area contributed by atoms with E-state index >= 15 is 0 Å². The van der Waals surface area contributed by atoms with Crippen LogP contribution in [0.5, 0.6) is 0 Å². The monoisotopic (exact) mass is 1930 g/mol. The highest BCUT2D eigenvalue weighted by atomic mass is 31.2. The quantitative estimate of drug-likeness (QED) is 0.0146. The molecule has 0 saturated carbocycles. The van der Waals surface area contributed by atoms with Gasteiger partial charge >= 0.3 is 33.6 Å². The van der Waals surface area contributed by atoms with Gasteiger partial charge in [-0.25, -0.2) is 9.13 Å². The molecular formula is C117H202O16P2. The Balaban J connectivity index is 4.58. The molecule has 0 aliphatic carbocycles. The fourth-order valence-corrected chi connectivity index (χ4v) is 16.9. The highest BCUT2D eigenvalue weighted by Gasteiger charge is 2.30. The Kier molecular flexibility index (Phi) is 103. The summed E-state index contributed by atoms with van der Waals surface area (Å²) in [6.07, 6.45) is 144. The average Bonchev–Trinajstić information content (AvgIpc) is 0.895. The number of aliphatic hydroxyl groups excluding tert-OH is 2. The molecule has 18 heteroatoms. The number of aliphatic hydroxyl groups is 2. The minimum Gasteiger partial charge on any atom is -0.463 e. The number of esters is 3. The van der Waals surface area contributed by atoms with E-state index in [-0.39, 0.29) is 19.3 Å². The van der Waals surface area contributed by atoms with E-state index in [0.29, 0.717) is 19.3 Å². The lowest BCUT2D eigenvalue weighted by Crippen LogP contribution is -2.30. The molecule has 5 unspecified atom stereocenters. The first-order chi connectivity index (χ1) is 66.2. The van der Waals surface area contributed by atoms with Gasteiger partial charge in [0.05, 0.1) is 26.4 Å². The first-order valence-electron chi connectivity index (χ1n) is 55.1. The van der Waals surface area contributed by atoms with Gasteiger partial charge in [-0.3, -0.25) is 32.5 Å². The zero-order valence-electron chi connectivity index (χ0n) is 86.3. The Labute approximate surface area is 827 Å². The Morgan fingerprint density at radius 3 is 0.622 bits per heavy atom. The number of hydrogen-bond donors (Lipinski definition) is 4. The molecule has 776 valence electrons. The first-order valence-corrected chi connectivity index (χ1v) is 58.1. The molecule has 4 N–H and O–H groups in total. The number of carbonyl (C=O) groups excluding carboxylic acids is 3. The van der Waals surface area contributed by atoms with Gasteiger partial charge in [0.25, 0.3) is 0 Å². The van der Waals surface area contributed by atoms with Crippen molar-refractivity contribution in [2.24, 2.45) is 0 Å². The van der Waals surface area contributed by atoms with Crippen LogP contribution < -0.4 is 0 Å². The van der Waals surface area contributed by atoms with Crippen molar-refractivity contribution in [3.63, 3.8) is 0 Å². The summed E-state index contributed by atoms with van der Waals surface area (Å²) < 4.78 is 61.8. The van der Waals surface area contributed by atoms with Crippen LogP contribution in [0, 0.1) is 0 Å². The van der Waals surface area contributed by atoms with E-state index in [0.717, 1.165) is 161 Å². The van der Waals surface area contributed by atoms with Crippen molar-refractivity contribution < 1.29 is 75.8 Å². The molecule has 0 heterocycles. The molecule has 0 amide bonds. The van der Waals surface area contributed by atoms with Crippen molar-refractivity contribution in [3.8, 4) is 0 Å². The SMILES string of the molecule is CC/C=C\C/C=C\C/C=C\C/C=C\C/C=C\C/C=C\CCCCCCCCCCCCCCCCCCC(=O)OCC(O)COP(=O)(O)OCC(O)COP(=O)(O)OCC(COC(=O)CCCCCCCCCCCCCCCCCCCCC/C=C\C/C=C\C/C=C\C/C=C\CCCCC)OC(=O)CCCCCCCCCCCCCCC/C=C\C/C=C\C/C=C\C/C=C\C/C=C\CC. The Bertz CT molecular complexity index is 3190. The number of carbonyl (C=O) groups is 3. The van der Waals surface area contributed by atoms with Crippen LogP contribution in [0.25, 0.3) is 0 Å². The summed E-state index contributed by atoms with van der Waals surface area (Å²) in [6, 6.07) is 0. The van der Waals surface area contributed by atoms with Crippen molar-refractivity contribution >= 4 is 33.6 Å². The van der Waals surface area contributed by atoms with Gasteiger partial charge in [-0.2, -0.15) is 0 Å². The summed E-state index contributed by atoms with van der Waals surface area (Å²) in [5, 5.41) is 20.8. The van der Waals surface area contributed by atoms with E-state index in [1.807, 2.05) is 0 Å². The number of ether oxygens (including phenoxy) is 3. The summed E-state index contributed by atoms with van der Waals surface area (Å²) in [7, 11) is -9.82. The molecule has 0 saturated heterocycles. The maximum absolute atomic E-state index is 13.2. The van der Waals surface area contributed by atoms with Crippen LogP contribution in [-0.4, -0.2) is 95.9 Å². The van der Waals surface area contributed by atoms with Crippen LogP contribution in [-0.2, 0) is 55.8 Å². The lowest BCUT2D eigenvalue weighted by Gasteiger charge is -2.21. The molecule has 0 aromatic heterocycles. The third-order valence-corrected chi connectivity index (χ3v) is 25.5. The second-order valence-electron chi connectivity index (χ2n) is 36.7. The number of allylic oxidation sites excluding steroid dienone is 30. The molecule has 0 spiro atoms. The molecule has 0 aromatic carbocycles. The van der Waals surface area contributed by atoms with Crippen LogP contribution in [0.4, 0.5) is 0 Å². The normalized spacial score (nSPS) is 14.3. The van der Waals surface area contributed by atoms with Gasteiger partial charge in [-0.1, -0.05) is 486 Å².